The Morgan fingerprint density at radius 1 is 1.26 bits per heavy atom. The maximum absolute atomic E-state index is 14.2. The van der Waals surface area contributed by atoms with Gasteiger partial charge in [0.25, 0.3) is 11.8 Å². The van der Waals surface area contributed by atoms with Crippen molar-refractivity contribution in [3.63, 3.8) is 0 Å². The Morgan fingerprint density at radius 3 is 2.48 bits per heavy atom. The molecule has 1 N–H and O–H groups in total. The van der Waals surface area contributed by atoms with E-state index in [0.717, 1.165) is 0 Å². The number of carbonyl (C=O) groups excluding carboxylic acids is 1. The molecule has 1 amide bonds. The Labute approximate surface area is 159 Å². The number of alkyl halides is 2. The summed E-state index contributed by atoms with van der Waals surface area (Å²) in [4.78, 5) is 12.5. The lowest BCUT2D eigenvalue weighted by Gasteiger charge is -2.35. The number of ether oxygens (including phenoxy) is 1. The second kappa shape index (κ2) is 7.25. The van der Waals surface area contributed by atoms with Crippen molar-refractivity contribution in [2.45, 2.75) is 25.0 Å². The number of hydrazone groups is 1. The third-order valence-electron chi connectivity index (χ3n) is 4.21. The predicted octanol–water partition coefficient (Wildman–Crippen LogP) is 3.70. The molecule has 1 aliphatic rings. The lowest BCUT2D eigenvalue weighted by molar-refractivity contribution is -0.235. The van der Waals surface area contributed by atoms with E-state index in [0.29, 0.717) is 28.3 Å². The van der Waals surface area contributed by atoms with E-state index in [4.69, 9.17) is 16.3 Å². The Hall–Kier alpha value is -2.51. The molecule has 0 spiro atoms. The molecule has 27 heavy (non-hydrogen) atoms. The molecule has 0 saturated carbocycles. The summed E-state index contributed by atoms with van der Waals surface area (Å²) in [7, 11) is 0. The van der Waals surface area contributed by atoms with Crippen LogP contribution < -0.4 is 4.74 Å². The highest BCUT2D eigenvalue weighted by Gasteiger charge is 2.59. The number of hydrogen-bond donors (Lipinski definition) is 1. The number of hydrogen-bond acceptors (Lipinski definition) is 4. The molecule has 0 unspecified atom stereocenters. The second-order valence-corrected chi connectivity index (χ2v) is 6.68. The first-order valence-electron chi connectivity index (χ1n) is 8.15. The molecular formula is C19H17ClF2N2O3. The quantitative estimate of drug-likeness (QED) is 0.841. The van der Waals surface area contributed by atoms with Crippen LogP contribution >= 0.6 is 11.6 Å². The Morgan fingerprint density at radius 2 is 1.89 bits per heavy atom. The monoisotopic (exact) mass is 394 g/mol. The van der Waals surface area contributed by atoms with Crippen molar-refractivity contribution in [2.24, 2.45) is 5.10 Å². The average molecular weight is 395 g/mol. The second-order valence-electron chi connectivity index (χ2n) is 6.24. The minimum absolute atomic E-state index is 0.156. The number of carbonyl (C=O) groups is 1. The molecule has 1 aliphatic heterocycles. The van der Waals surface area contributed by atoms with Crippen LogP contribution in [0.3, 0.4) is 0 Å². The first kappa shape index (κ1) is 19.3. The van der Waals surface area contributed by atoms with Gasteiger partial charge in [-0.05, 0) is 29.8 Å². The molecule has 0 aliphatic carbocycles. The summed E-state index contributed by atoms with van der Waals surface area (Å²) in [6, 6.07) is 14.8. The van der Waals surface area contributed by atoms with Gasteiger partial charge in [0.1, 0.15) is 5.75 Å². The van der Waals surface area contributed by atoms with E-state index in [-0.39, 0.29) is 5.71 Å². The smallest absolute Gasteiger partial charge is 0.294 e. The van der Waals surface area contributed by atoms with Crippen LogP contribution in [0.2, 0.25) is 5.02 Å². The van der Waals surface area contributed by atoms with E-state index in [1.54, 1.807) is 54.6 Å². The molecule has 2 aromatic carbocycles. The third-order valence-corrected chi connectivity index (χ3v) is 4.46. The Kier molecular flexibility index (Phi) is 5.17. The van der Waals surface area contributed by atoms with Gasteiger partial charge >= 0.3 is 0 Å². The van der Waals surface area contributed by atoms with Crippen molar-refractivity contribution in [1.82, 2.24) is 5.01 Å². The van der Waals surface area contributed by atoms with Crippen molar-refractivity contribution in [2.75, 3.05) is 6.61 Å². The number of aliphatic hydroxyl groups is 1. The highest BCUT2D eigenvalue weighted by molar-refractivity contribution is 6.30. The SMILES string of the molecule is CC(F)(F)[C@@]1(O)CC(c2ccc(Cl)cc2)=NN1C(=O)COc1ccccc1. The fourth-order valence-corrected chi connectivity index (χ4v) is 2.80. The zero-order valence-corrected chi connectivity index (χ0v) is 15.2. The molecule has 142 valence electrons. The zero-order chi connectivity index (χ0) is 19.7. The summed E-state index contributed by atoms with van der Waals surface area (Å²) in [5.74, 6) is -4.09. The molecule has 2 aromatic rings. The van der Waals surface area contributed by atoms with E-state index in [2.05, 4.69) is 5.10 Å². The number of benzene rings is 2. The fourth-order valence-electron chi connectivity index (χ4n) is 2.68. The van der Waals surface area contributed by atoms with Gasteiger partial charge in [-0.2, -0.15) is 10.1 Å². The molecule has 1 atom stereocenters. The highest BCUT2D eigenvalue weighted by atomic mass is 35.5. The van der Waals surface area contributed by atoms with Gasteiger partial charge in [0.15, 0.2) is 6.61 Å². The van der Waals surface area contributed by atoms with E-state index in [9.17, 15) is 18.7 Å². The van der Waals surface area contributed by atoms with E-state index in [1.807, 2.05) is 0 Å². The van der Waals surface area contributed by atoms with Crippen LogP contribution in [0.15, 0.2) is 59.7 Å². The van der Waals surface area contributed by atoms with Gasteiger partial charge in [0, 0.05) is 18.4 Å². The highest BCUT2D eigenvalue weighted by Crippen LogP contribution is 2.40. The molecule has 8 heteroatoms. The van der Waals surface area contributed by atoms with Gasteiger partial charge in [0.05, 0.1) is 5.71 Å². The first-order chi connectivity index (χ1) is 12.7. The number of para-hydroxylation sites is 1. The van der Waals surface area contributed by atoms with E-state index >= 15 is 0 Å². The number of nitrogens with zero attached hydrogens (tertiary/aromatic N) is 2. The topological polar surface area (TPSA) is 62.1 Å². The lowest BCUT2D eigenvalue weighted by Crippen LogP contribution is -2.58. The predicted molar refractivity (Wildman–Crippen MR) is 97.0 cm³/mol. The molecule has 0 bridgehead atoms. The minimum Gasteiger partial charge on any atom is -0.484 e. The van der Waals surface area contributed by atoms with Gasteiger partial charge in [0.2, 0.25) is 5.72 Å². The molecule has 0 radical (unpaired) electrons. The van der Waals surface area contributed by atoms with Crippen LogP contribution in [0.25, 0.3) is 0 Å². The maximum atomic E-state index is 14.2. The standard InChI is InChI=1S/C19H17ClF2N2O3/c1-18(21,22)19(26)11-16(13-7-9-14(20)10-8-13)23-24(19)17(25)12-27-15-5-3-2-4-6-15/h2-10,26H,11-12H2,1H3/t19-/m0/s1. The van der Waals surface area contributed by atoms with Crippen molar-refractivity contribution in [3.05, 3.63) is 65.2 Å². The number of halogens is 3. The maximum Gasteiger partial charge on any atom is 0.294 e. The van der Waals surface area contributed by atoms with Crippen molar-refractivity contribution in [3.8, 4) is 5.75 Å². The average Bonchev–Trinajstić information content (AvgIpc) is 3.00. The van der Waals surface area contributed by atoms with Gasteiger partial charge in [-0.1, -0.05) is 41.9 Å². The minimum atomic E-state index is -3.60. The van der Waals surface area contributed by atoms with Crippen LogP contribution in [0.4, 0.5) is 8.78 Å². The van der Waals surface area contributed by atoms with Crippen LogP contribution in [0.1, 0.15) is 18.9 Å². The van der Waals surface area contributed by atoms with Crippen molar-refractivity contribution < 1.29 is 23.4 Å². The van der Waals surface area contributed by atoms with Crippen LogP contribution in [0.5, 0.6) is 5.75 Å². The molecule has 5 nitrogen and oxygen atoms in total. The number of rotatable bonds is 5. The summed E-state index contributed by atoms with van der Waals surface area (Å²) in [6.45, 7) is 0.00541. The zero-order valence-electron chi connectivity index (χ0n) is 14.4. The van der Waals surface area contributed by atoms with Gasteiger partial charge in [-0.25, -0.2) is 8.78 Å². The molecule has 0 fully saturated rings. The lowest BCUT2D eigenvalue weighted by atomic mass is 9.97. The summed E-state index contributed by atoms with van der Waals surface area (Å²) in [5, 5.41) is 15.5. The summed E-state index contributed by atoms with van der Waals surface area (Å²) >= 11 is 5.84. The van der Waals surface area contributed by atoms with Gasteiger partial charge < -0.3 is 9.84 Å². The normalized spacial score (nSPS) is 19.7. The van der Waals surface area contributed by atoms with E-state index in [1.165, 1.54) is 0 Å². The van der Waals surface area contributed by atoms with Crippen LogP contribution in [0, 0.1) is 0 Å². The Balaban J connectivity index is 1.85. The van der Waals surface area contributed by atoms with Gasteiger partial charge in [-0.3, -0.25) is 4.79 Å². The molecular weight excluding hydrogens is 378 g/mol. The third kappa shape index (κ3) is 3.94. The largest absolute Gasteiger partial charge is 0.484 e. The molecule has 0 aromatic heterocycles. The molecule has 0 saturated heterocycles. The Bertz CT molecular complexity index is 854. The molecule has 1 heterocycles. The summed E-state index contributed by atoms with van der Waals surface area (Å²) in [6.07, 6.45) is -0.519. The fraction of sp³-hybridized carbons (Fsp3) is 0.263. The van der Waals surface area contributed by atoms with Crippen LogP contribution in [-0.2, 0) is 4.79 Å². The molecule has 3 rings (SSSR count). The summed E-state index contributed by atoms with van der Waals surface area (Å²) < 4.78 is 33.6. The van der Waals surface area contributed by atoms with Gasteiger partial charge in [-0.15, -0.1) is 0 Å². The number of amides is 1. The van der Waals surface area contributed by atoms with Crippen LogP contribution in [-0.4, -0.2) is 40.0 Å². The van der Waals surface area contributed by atoms with Crippen molar-refractivity contribution >= 4 is 23.2 Å². The first-order valence-corrected chi connectivity index (χ1v) is 8.53. The van der Waals surface area contributed by atoms with Crippen molar-refractivity contribution in [1.29, 1.82) is 0 Å². The van der Waals surface area contributed by atoms with E-state index < -0.39 is 30.6 Å². The summed E-state index contributed by atoms with van der Waals surface area (Å²) in [5.41, 5.74) is -2.14.